The fourth-order valence-corrected chi connectivity index (χ4v) is 5.89. The molecule has 2 spiro atoms. The molecular weight excluding hydrogens is 442 g/mol. The number of ether oxygens (including phenoxy) is 2. The minimum Gasteiger partial charge on any atom is -0.381 e. The van der Waals surface area contributed by atoms with E-state index in [1.165, 1.54) is 11.1 Å². The van der Waals surface area contributed by atoms with Gasteiger partial charge in [0.15, 0.2) is 11.7 Å². The maximum Gasteiger partial charge on any atom is 0.196 e. The number of guanidine groups is 1. The molecule has 0 radical (unpaired) electrons. The first kappa shape index (κ1) is 20.0. The van der Waals surface area contributed by atoms with E-state index in [4.69, 9.17) is 20.2 Å². The van der Waals surface area contributed by atoms with E-state index in [0.717, 1.165) is 42.1 Å². The van der Waals surface area contributed by atoms with Crippen LogP contribution in [0.5, 0.6) is 0 Å². The number of halogens is 1. The van der Waals surface area contributed by atoms with Crippen molar-refractivity contribution >= 4 is 21.9 Å². The van der Waals surface area contributed by atoms with E-state index in [1.807, 2.05) is 30.2 Å². The zero-order valence-electron chi connectivity index (χ0n) is 17.3. The normalized spacial score (nSPS) is 30.5. The largest absolute Gasteiger partial charge is 0.381 e. The molecule has 158 valence electrons. The summed E-state index contributed by atoms with van der Waals surface area (Å²) in [7, 11) is 1.81. The molecule has 2 aromatic rings. The van der Waals surface area contributed by atoms with Gasteiger partial charge in [0.25, 0.3) is 0 Å². The number of benzene rings is 2. The molecule has 30 heavy (non-hydrogen) atoms. The monoisotopic (exact) mass is 469 g/mol. The lowest BCUT2D eigenvalue weighted by Crippen LogP contribution is -2.55. The molecule has 1 saturated carbocycles. The van der Waals surface area contributed by atoms with Gasteiger partial charge in [-0.1, -0.05) is 52.3 Å². The van der Waals surface area contributed by atoms with Gasteiger partial charge in [-0.15, -0.1) is 0 Å². The average Bonchev–Trinajstić information content (AvgIpc) is 3.00. The van der Waals surface area contributed by atoms with Crippen molar-refractivity contribution in [3.63, 3.8) is 0 Å². The highest BCUT2D eigenvalue weighted by Crippen LogP contribution is 2.61. The summed E-state index contributed by atoms with van der Waals surface area (Å²) in [6.45, 7) is 1.13. The summed E-state index contributed by atoms with van der Waals surface area (Å²) in [5, 5.41) is 0. The van der Waals surface area contributed by atoms with Crippen molar-refractivity contribution in [2.75, 3.05) is 13.8 Å². The molecule has 5 rings (SSSR count). The first-order valence-corrected chi connectivity index (χ1v) is 11.4. The quantitative estimate of drug-likeness (QED) is 0.716. The first-order chi connectivity index (χ1) is 14.6. The second-order valence-electron chi connectivity index (χ2n) is 8.76. The Morgan fingerprint density at radius 3 is 2.67 bits per heavy atom. The third-order valence-electron chi connectivity index (χ3n) is 7.15. The van der Waals surface area contributed by atoms with Crippen LogP contribution in [-0.2, 0) is 28.2 Å². The van der Waals surface area contributed by atoms with Gasteiger partial charge in [-0.25, -0.2) is 4.99 Å². The van der Waals surface area contributed by atoms with Gasteiger partial charge < -0.3 is 20.1 Å². The summed E-state index contributed by atoms with van der Waals surface area (Å²) in [6, 6.07) is 16.8. The molecule has 1 unspecified atom stereocenters. The van der Waals surface area contributed by atoms with E-state index < -0.39 is 5.72 Å². The molecule has 1 aliphatic heterocycles. The Bertz CT molecular complexity index is 956. The zero-order chi connectivity index (χ0) is 20.8. The summed E-state index contributed by atoms with van der Waals surface area (Å²) >= 11 is 3.65. The molecule has 0 saturated heterocycles. The van der Waals surface area contributed by atoms with E-state index in [-0.39, 0.29) is 5.41 Å². The highest BCUT2D eigenvalue weighted by atomic mass is 79.9. The maximum atomic E-state index is 6.72. The number of hydrogen-bond acceptors (Lipinski definition) is 5. The molecule has 1 atom stereocenters. The number of nitrogens with zero attached hydrogens (tertiary/aromatic N) is 2. The predicted octanol–water partition coefficient (Wildman–Crippen LogP) is 4.54. The number of rotatable bonds is 3. The van der Waals surface area contributed by atoms with Crippen LogP contribution in [0.3, 0.4) is 0 Å². The Hall–Kier alpha value is -1.89. The van der Waals surface area contributed by atoms with E-state index in [0.29, 0.717) is 25.3 Å². The summed E-state index contributed by atoms with van der Waals surface area (Å²) < 4.78 is 13.4. The third kappa shape index (κ3) is 3.17. The highest BCUT2D eigenvalue weighted by Gasteiger charge is 2.61. The van der Waals surface area contributed by atoms with Gasteiger partial charge in [0.1, 0.15) is 6.73 Å². The number of methoxy groups -OCH3 is 1. The number of nitrogens with two attached hydrogens (primary N) is 1. The van der Waals surface area contributed by atoms with Gasteiger partial charge in [-0.2, -0.15) is 0 Å². The van der Waals surface area contributed by atoms with Crippen LogP contribution in [0.25, 0.3) is 0 Å². The number of fused-ring (bicyclic) bond motifs is 3. The molecular formula is C24H28BrN3O2. The molecule has 5 nitrogen and oxygen atoms in total. The number of aliphatic imine (C=N–C) groups is 1. The van der Waals surface area contributed by atoms with Crippen LogP contribution >= 0.6 is 15.9 Å². The smallest absolute Gasteiger partial charge is 0.196 e. The topological polar surface area (TPSA) is 60.1 Å². The predicted molar refractivity (Wildman–Crippen MR) is 121 cm³/mol. The standard InChI is InChI=1S/C24H28BrN3O2/c1-29-20-9-11-23(12-10-20)14-18-7-8-19(25)13-21(18)24(23)27-22(26)28(16-30-24)15-17-5-3-2-4-6-17/h2-8,13,20H,9-12,14-16H2,1H3,(H2,26,27). The van der Waals surface area contributed by atoms with Crippen molar-refractivity contribution in [2.45, 2.75) is 50.5 Å². The van der Waals surface area contributed by atoms with E-state index in [1.54, 1.807) is 0 Å². The van der Waals surface area contributed by atoms with Crippen molar-refractivity contribution in [2.24, 2.45) is 16.1 Å². The molecule has 2 N–H and O–H groups in total. The Kier molecular flexibility index (Phi) is 5.12. The second-order valence-corrected chi connectivity index (χ2v) is 9.68. The molecule has 3 aliphatic rings. The van der Waals surface area contributed by atoms with Crippen LogP contribution in [0, 0.1) is 5.41 Å². The third-order valence-corrected chi connectivity index (χ3v) is 7.64. The van der Waals surface area contributed by atoms with Crippen LogP contribution in [0.15, 0.2) is 58.0 Å². The van der Waals surface area contributed by atoms with Gasteiger partial charge in [-0.3, -0.25) is 0 Å². The van der Waals surface area contributed by atoms with Gasteiger partial charge in [-0.05, 0) is 55.4 Å². The van der Waals surface area contributed by atoms with Crippen LogP contribution in [0.4, 0.5) is 0 Å². The van der Waals surface area contributed by atoms with Crippen LogP contribution < -0.4 is 5.73 Å². The lowest BCUT2D eigenvalue weighted by Gasteiger charge is -2.50. The number of hydrogen-bond donors (Lipinski definition) is 1. The van der Waals surface area contributed by atoms with Crippen LogP contribution in [-0.4, -0.2) is 30.8 Å². The lowest BCUT2D eigenvalue weighted by atomic mass is 9.66. The molecule has 1 heterocycles. The molecule has 6 heteroatoms. The van der Waals surface area contributed by atoms with Crippen molar-refractivity contribution in [3.05, 3.63) is 69.7 Å². The van der Waals surface area contributed by atoms with Gasteiger partial charge in [0.2, 0.25) is 0 Å². The van der Waals surface area contributed by atoms with Crippen LogP contribution in [0.1, 0.15) is 42.4 Å². The molecule has 2 aliphatic carbocycles. The fourth-order valence-electron chi connectivity index (χ4n) is 5.53. The molecule has 1 fully saturated rings. The van der Waals surface area contributed by atoms with Gasteiger partial charge in [0.05, 0.1) is 6.10 Å². The molecule has 0 amide bonds. The Balaban J connectivity index is 1.53. The highest BCUT2D eigenvalue weighted by molar-refractivity contribution is 9.10. The molecule has 0 aromatic heterocycles. The van der Waals surface area contributed by atoms with Gasteiger partial charge >= 0.3 is 0 Å². The maximum absolute atomic E-state index is 6.72. The SMILES string of the molecule is COC1CCC2(CC1)Cc1ccc(Br)cc1C21N=C(N)N(Cc2ccccc2)CO1. The summed E-state index contributed by atoms with van der Waals surface area (Å²) in [5.74, 6) is 0.561. The summed E-state index contributed by atoms with van der Waals surface area (Å²) in [4.78, 5) is 7.16. The summed E-state index contributed by atoms with van der Waals surface area (Å²) in [5.41, 5.74) is 9.46. The minimum atomic E-state index is -0.720. The van der Waals surface area contributed by atoms with Crippen molar-refractivity contribution in [1.82, 2.24) is 4.90 Å². The van der Waals surface area contributed by atoms with Crippen LogP contribution in [0.2, 0.25) is 0 Å². The van der Waals surface area contributed by atoms with E-state index in [2.05, 4.69) is 46.3 Å². The molecule has 0 bridgehead atoms. The Labute approximate surface area is 186 Å². The lowest BCUT2D eigenvalue weighted by molar-refractivity contribution is -0.180. The van der Waals surface area contributed by atoms with Crippen molar-refractivity contribution < 1.29 is 9.47 Å². The second kappa shape index (κ2) is 7.66. The summed E-state index contributed by atoms with van der Waals surface area (Å²) in [6.07, 6.45) is 5.39. The van der Waals surface area contributed by atoms with E-state index in [9.17, 15) is 0 Å². The van der Waals surface area contributed by atoms with E-state index >= 15 is 0 Å². The average molecular weight is 470 g/mol. The van der Waals surface area contributed by atoms with Crippen molar-refractivity contribution in [3.8, 4) is 0 Å². The van der Waals surface area contributed by atoms with Crippen molar-refractivity contribution in [1.29, 1.82) is 0 Å². The van der Waals surface area contributed by atoms with Gasteiger partial charge in [0, 0.05) is 29.1 Å². The Morgan fingerprint density at radius 1 is 1.20 bits per heavy atom. The minimum absolute atomic E-state index is 0.0748. The fraction of sp³-hybridized carbons (Fsp3) is 0.458. The zero-order valence-corrected chi connectivity index (χ0v) is 18.9. The molecule has 2 aromatic carbocycles. The first-order valence-electron chi connectivity index (χ1n) is 10.7. The Morgan fingerprint density at radius 2 is 1.97 bits per heavy atom.